The SMILES string of the molecule is C[C@H](CNC(=O)Nc1ccncc1)N1CCc2sccc2C1. The molecule has 6 heteroatoms. The van der Waals surface area contributed by atoms with E-state index in [4.69, 9.17) is 0 Å². The van der Waals surface area contributed by atoms with Gasteiger partial charge in [-0.05, 0) is 42.5 Å². The number of carbonyl (C=O) groups is 1. The molecule has 0 radical (unpaired) electrons. The van der Waals surface area contributed by atoms with Crippen LogP contribution in [-0.4, -0.2) is 35.0 Å². The Bertz CT molecular complexity index is 628. The van der Waals surface area contributed by atoms with Crippen molar-refractivity contribution in [3.63, 3.8) is 0 Å². The van der Waals surface area contributed by atoms with Crippen molar-refractivity contribution < 1.29 is 4.79 Å². The van der Waals surface area contributed by atoms with Crippen LogP contribution in [0.3, 0.4) is 0 Å². The Balaban J connectivity index is 1.46. The average molecular weight is 316 g/mol. The van der Waals surface area contributed by atoms with Crippen molar-refractivity contribution in [2.24, 2.45) is 0 Å². The number of amides is 2. The third kappa shape index (κ3) is 3.64. The molecule has 0 fully saturated rings. The molecule has 0 aromatic carbocycles. The standard InChI is InChI=1S/C16H20N4OS/c1-12(20-8-4-15-13(11-20)5-9-22-15)10-18-16(21)19-14-2-6-17-7-3-14/h2-3,5-7,9,12H,4,8,10-11H2,1H3,(H2,17,18,19,21)/t12-/m1/s1. The second kappa shape index (κ2) is 6.89. The predicted octanol–water partition coefficient (Wildman–Crippen LogP) is 2.71. The fourth-order valence-electron chi connectivity index (χ4n) is 2.63. The van der Waals surface area contributed by atoms with Crippen molar-refractivity contribution in [2.45, 2.75) is 25.9 Å². The lowest BCUT2D eigenvalue weighted by Gasteiger charge is -2.32. The highest BCUT2D eigenvalue weighted by Gasteiger charge is 2.21. The molecule has 2 N–H and O–H groups in total. The van der Waals surface area contributed by atoms with Gasteiger partial charge < -0.3 is 10.6 Å². The maximum atomic E-state index is 11.9. The molecule has 2 aromatic rings. The topological polar surface area (TPSA) is 57.3 Å². The van der Waals surface area contributed by atoms with Gasteiger partial charge in [0.05, 0.1) is 0 Å². The van der Waals surface area contributed by atoms with Crippen LogP contribution in [0.5, 0.6) is 0 Å². The van der Waals surface area contributed by atoms with E-state index in [2.05, 4.69) is 38.9 Å². The van der Waals surface area contributed by atoms with Crippen LogP contribution < -0.4 is 10.6 Å². The normalized spacial score (nSPS) is 15.9. The van der Waals surface area contributed by atoms with E-state index < -0.39 is 0 Å². The highest BCUT2D eigenvalue weighted by Crippen LogP contribution is 2.24. The molecule has 5 nitrogen and oxygen atoms in total. The monoisotopic (exact) mass is 316 g/mol. The number of pyridine rings is 1. The molecular formula is C16H20N4OS. The Morgan fingerprint density at radius 2 is 2.23 bits per heavy atom. The molecule has 1 aliphatic heterocycles. The summed E-state index contributed by atoms with van der Waals surface area (Å²) in [7, 11) is 0. The number of anilines is 1. The van der Waals surface area contributed by atoms with E-state index in [0.29, 0.717) is 12.6 Å². The van der Waals surface area contributed by atoms with Gasteiger partial charge in [0.2, 0.25) is 0 Å². The molecule has 0 aliphatic carbocycles. The molecule has 22 heavy (non-hydrogen) atoms. The number of fused-ring (bicyclic) bond motifs is 1. The fraction of sp³-hybridized carbons (Fsp3) is 0.375. The van der Waals surface area contributed by atoms with Gasteiger partial charge in [0, 0.05) is 48.6 Å². The van der Waals surface area contributed by atoms with Crippen LogP contribution in [-0.2, 0) is 13.0 Å². The number of hydrogen-bond acceptors (Lipinski definition) is 4. The number of thiophene rings is 1. The summed E-state index contributed by atoms with van der Waals surface area (Å²) < 4.78 is 0. The van der Waals surface area contributed by atoms with Gasteiger partial charge in [-0.2, -0.15) is 0 Å². The summed E-state index contributed by atoms with van der Waals surface area (Å²) >= 11 is 1.85. The van der Waals surface area contributed by atoms with Crippen LogP contribution in [0.25, 0.3) is 0 Å². The second-order valence-corrected chi connectivity index (χ2v) is 6.51. The van der Waals surface area contributed by atoms with Crippen molar-refractivity contribution in [2.75, 3.05) is 18.4 Å². The molecule has 0 saturated heterocycles. The minimum atomic E-state index is -0.175. The van der Waals surface area contributed by atoms with Crippen LogP contribution in [0.15, 0.2) is 36.0 Å². The first-order valence-corrected chi connectivity index (χ1v) is 8.34. The third-order valence-electron chi connectivity index (χ3n) is 3.96. The average Bonchev–Trinajstić information content (AvgIpc) is 3.01. The van der Waals surface area contributed by atoms with Crippen molar-refractivity contribution in [3.8, 4) is 0 Å². The summed E-state index contributed by atoms with van der Waals surface area (Å²) in [6, 6.07) is 5.89. The molecule has 2 aromatic heterocycles. The molecule has 0 saturated carbocycles. The molecule has 3 heterocycles. The third-order valence-corrected chi connectivity index (χ3v) is 4.98. The summed E-state index contributed by atoms with van der Waals surface area (Å²) in [6.45, 7) is 4.83. The van der Waals surface area contributed by atoms with Crippen LogP contribution >= 0.6 is 11.3 Å². The maximum absolute atomic E-state index is 11.9. The van der Waals surface area contributed by atoms with Gasteiger partial charge in [-0.3, -0.25) is 9.88 Å². The van der Waals surface area contributed by atoms with Crippen molar-refractivity contribution in [3.05, 3.63) is 46.4 Å². The van der Waals surface area contributed by atoms with Crippen molar-refractivity contribution >= 4 is 23.1 Å². The summed E-state index contributed by atoms with van der Waals surface area (Å²) in [5.41, 5.74) is 2.19. The van der Waals surface area contributed by atoms with Gasteiger partial charge in [-0.1, -0.05) is 0 Å². The summed E-state index contributed by atoms with van der Waals surface area (Å²) in [4.78, 5) is 19.7. The van der Waals surface area contributed by atoms with E-state index in [0.717, 1.165) is 25.2 Å². The van der Waals surface area contributed by atoms with Gasteiger partial charge in [-0.25, -0.2) is 4.79 Å². The molecule has 0 unspecified atom stereocenters. The molecule has 1 aliphatic rings. The van der Waals surface area contributed by atoms with E-state index in [1.807, 2.05) is 11.3 Å². The largest absolute Gasteiger partial charge is 0.336 e. The molecule has 116 valence electrons. The number of nitrogens with one attached hydrogen (secondary N) is 2. The van der Waals surface area contributed by atoms with Crippen LogP contribution in [0.4, 0.5) is 10.5 Å². The lowest BCUT2D eigenvalue weighted by atomic mass is 10.1. The Labute approximate surface area is 134 Å². The van der Waals surface area contributed by atoms with Gasteiger partial charge in [0.15, 0.2) is 0 Å². The first-order chi connectivity index (χ1) is 10.7. The van der Waals surface area contributed by atoms with E-state index in [1.165, 1.54) is 10.4 Å². The summed E-state index contributed by atoms with van der Waals surface area (Å²) in [5, 5.41) is 7.91. The number of rotatable bonds is 4. The molecular weight excluding hydrogens is 296 g/mol. The molecule has 0 spiro atoms. The first-order valence-electron chi connectivity index (χ1n) is 7.46. The molecule has 1 atom stereocenters. The first kappa shape index (κ1) is 15.0. The quantitative estimate of drug-likeness (QED) is 0.912. The molecule has 3 rings (SSSR count). The summed E-state index contributed by atoms with van der Waals surface area (Å²) in [6.07, 6.45) is 4.43. The zero-order chi connectivity index (χ0) is 15.4. The van der Waals surface area contributed by atoms with E-state index >= 15 is 0 Å². The molecule has 0 bridgehead atoms. The summed E-state index contributed by atoms with van der Waals surface area (Å²) in [5.74, 6) is 0. The van der Waals surface area contributed by atoms with Crippen molar-refractivity contribution in [1.82, 2.24) is 15.2 Å². The highest BCUT2D eigenvalue weighted by molar-refractivity contribution is 7.10. The lowest BCUT2D eigenvalue weighted by molar-refractivity contribution is 0.188. The zero-order valence-electron chi connectivity index (χ0n) is 12.6. The van der Waals surface area contributed by atoms with Gasteiger partial charge >= 0.3 is 6.03 Å². The van der Waals surface area contributed by atoms with Gasteiger partial charge in [-0.15, -0.1) is 11.3 Å². The smallest absolute Gasteiger partial charge is 0.319 e. The Morgan fingerprint density at radius 1 is 1.41 bits per heavy atom. The minimum Gasteiger partial charge on any atom is -0.336 e. The highest BCUT2D eigenvalue weighted by atomic mass is 32.1. The van der Waals surface area contributed by atoms with Crippen LogP contribution in [0, 0.1) is 0 Å². The van der Waals surface area contributed by atoms with Crippen LogP contribution in [0.1, 0.15) is 17.4 Å². The minimum absolute atomic E-state index is 0.175. The maximum Gasteiger partial charge on any atom is 0.319 e. The van der Waals surface area contributed by atoms with Gasteiger partial charge in [0.25, 0.3) is 0 Å². The van der Waals surface area contributed by atoms with E-state index in [-0.39, 0.29) is 6.03 Å². The zero-order valence-corrected chi connectivity index (χ0v) is 13.4. The number of urea groups is 1. The second-order valence-electron chi connectivity index (χ2n) is 5.51. The number of hydrogen-bond donors (Lipinski definition) is 2. The fourth-order valence-corrected chi connectivity index (χ4v) is 3.52. The van der Waals surface area contributed by atoms with Gasteiger partial charge in [0.1, 0.15) is 0 Å². The predicted molar refractivity (Wildman–Crippen MR) is 89.2 cm³/mol. The lowest BCUT2D eigenvalue weighted by Crippen LogP contribution is -2.45. The molecule has 2 amide bonds. The Hall–Kier alpha value is -1.92. The number of carbonyl (C=O) groups excluding carboxylic acids is 1. The van der Waals surface area contributed by atoms with E-state index in [9.17, 15) is 4.79 Å². The van der Waals surface area contributed by atoms with Crippen LogP contribution in [0.2, 0.25) is 0 Å². The number of aromatic nitrogens is 1. The Kier molecular flexibility index (Phi) is 4.70. The van der Waals surface area contributed by atoms with Crippen molar-refractivity contribution in [1.29, 1.82) is 0 Å². The number of nitrogens with zero attached hydrogens (tertiary/aromatic N) is 2. The Morgan fingerprint density at radius 3 is 3.05 bits per heavy atom. The van der Waals surface area contributed by atoms with E-state index in [1.54, 1.807) is 24.5 Å².